The molecule has 0 aliphatic heterocycles. The maximum absolute atomic E-state index is 5.70. The van der Waals surface area contributed by atoms with Gasteiger partial charge in [0, 0.05) is 24.8 Å². The monoisotopic (exact) mass is 246 g/mol. The van der Waals surface area contributed by atoms with Crippen LogP contribution in [0, 0.1) is 6.92 Å². The largest absolute Gasteiger partial charge is 0.368 e. The van der Waals surface area contributed by atoms with Crippen LogP contribution in [0.3, 0.4) is 0 Å². The summed E-state index contributed by atoms with van der Waals surface area (Å²) in [5.41, 5.74) is 5.70. The van der Waals surface area contributed by atoms with E-state index in [9.17, 15) is 0 Å². The maximum Gasteiger partial charge on any atom is 0.137 e. The van der Waals surface area contributed by atoms with Crippen molar-refractivity contribution >= 4 is 17.5 Å². The van der Waals surface area contributed by atoms with Crippen molar-refractivity contribution in [2.24, 2.45) is 5.73 Å². The van der Waals surface area contributed by atoms with E-state index in [2.05, 4.69) is 25.6 Å². The van der Waals surface area contributed by atoms with Gasteiger partial charge in [0.2, 0.25) is 0 Å². The molecule has 0 radical (unpaired) electrons. The fraction of sp³-hybridized carbons (Fsp3) is 0.333. The van der Waals surface area contributed by atoms with E-state index in [1.807, 2.05) is 38.2 Å². The average Bonchev–Trinajstić information content (AvgIpc) is 2.78. The summed E-state index contributed by atoms with van der Waals surface area (Å²) in [5, 5.41) is 6.35. The number of aromatic amines is 1. The zero-order valence-electron chi connectivity index (χ0n) is 10.6. The van der Waals surface area contributed by atoms with Crippen LogP contribution in [0.25, 0.3) is 0 Å². The van der Waals surface area contributed by atoms with Gasteiger partial charge in [0.1, 0.15) is 23.3 Å². The van der Waals surface area contributed by atoms with E-state index in [-0.39, 0.29) is 6.04 Å². The summed E-state index contributed by atoms with van der Waals surface area (Å²) < 4.78 is 0. The van der Waals surface area contributed by atoms with E-state index < -0.39 is 0 Å². The summed E-state index contributed by atoms with van der Waals surface area (Å²) in [5.74, 6) is 3.12. The van der Waals surface area contributed by atoms with E-state index in [4.69, 9.17) is 5.73 Å². The van der Waals surface area contributed by atoms with Crippen molar-refractivity contribution in [3.8, 4) is 0 Å². The molecule has 0 aromatic carbocycles. The topological polar surface area (TPSA) is 91.6 Å². The molecule has 0 aliphatic carbocycles. The van der Waals surface area contributed by atoms with Crippen LogP contribution >= 0.6 is 0 Å². The van der Waals surface area contributed by atoms with Crippen LogP contribution in [0.2, 0.25) is 0 Å². The zero-order valence-corrected chi connectivity index (χ0v) is 10.6. The Morgan fingerprint density at radius 3 is 2.83 bits per heavy atom. The van der Waals surface area contributed by atoms with E-state index in [0.29, 0.717) is 12.4 Å². The van der Waals surface area contributed by atoms with Crippen LogP contribution in [-0.4, -0.2) is 27.5 Å². The Labute approximate surface area is 106 Å². The Morgan fingerprint density at radius 2 is 2.17 bits per heavy atom. The molecule has 0 aliphatic rings. The van der Waals surface area contributed by atoms with Crippen LogP contribution in [0.15, 0.2) is 24.4 Å². The lowest BCUT2D eigenvalue weighted by atomic mass is 10.3. The number of rotatable bonds is 5. The number of aromatic nitrogens is 3. The van der Waals surface area contributed by atoms with Crippen molar-refractivity contribution in [2.45, 2.75) is 19.9 Å². The molecule has 0 bridgehead atoms. The van der Waals surface area contributed by atoms with Gasteiger partial charge in [0.25, 0.3) is 0 Å². The molecule has 6 heteroatoms. The first-order chi connectivity index (χ1) is 8.63. The summed E-state index contributed by atoms with van der Waals surface area (Å²) in [6.07, 6.45) is 1.85. The normalized spacial score (nSPS) is 12.2. The SMILES string of the molecule is Cc1nc(NCC(C)N)cc(Nc2ccc[nH]2)n1. The molecule has 1 unspecified atom stereocenters. The summed E-state index contributed by atoms with van der Waals surface area (Å²) in [6, 6.07) is 5.80. The lowest BCUT2D eigenvalue weighted by Crippen LogP contribution is -2.25. The molecule has 1 atom stereocenters. The second-order valence-electron chi connectivity index (χ2n) is 4.25. The molecule has 18 heavy (non-hydrogen) atoms. The first kappa shape index (κ1) is 12.4. The molecule has 5 N–H and O–H groups in total. The molecule has 0 saturated carbocycles. The molecule has 0 spiro atoms. The third-order valence-electron chi connectivity index (χ3n) is 2.30. The number of nitrogens with one attached hydrogen (secondary N) is 3. The van der Waals surface area contributed by atoms with Crippen molar-refractivity contribution < 1.29 is 0 Å². The second kappa shape index (κ2) is 5.50. The van der Waals surface area contributed by atoms with Gasteiger partial charge in [-0.25, -0.2) is 9.97 Å². The van der Waals surface area contributed by atoms with Crippen molar-refractivity contribution in [2.75, 3.05) is 17.2 Å². The first-order valence-electron chi connectivity index (χ1n) is 5.89. The smallest absolute Gasteiger partial charge is 0.137 e. The van der Waals surface area contributed by atoms with Gasteiger partial charge in [-0.2, -0.15) is 0 Å². The Kier molecular flexibility index (Phi) is 3.78. The highest BCUT2D eigenvalue weighted by Crippen LogP contribution is 2.15. The molecule has 0 amide bonds. The molecule has 2 aromatic rings. The van der Waals surface area contributed by atoms with Crippen molar-refractivity contribution in [1.29, 1.82) is 0 Å². The van der Waals surface area contributed by atoms with E-state index in [0.717, 1.165) is 17.5 Å². The number of anilines is 3. The maximum atomic E-state index is 5.70. The molecule has 96 valence electrons. The van der Waals surface area contributed by atoms with Gasteiger partial charge in [-0.3, -0.25) is 0 Å². The van der Waals surface area contributed by atoms with Crippen molar-refractivity contribution in [3.63, 3.8) is 0 Å². The minimum Gasteiger partial charge on any atom is -0.368 e. The fourth-order valence-corrected chi connectivity index (χ4v) is 1.53. The Balaban J connectivity index is 2.10. The van der Waals surface area contributed by atoms with Crippen LogP contribution < -0.4 is 16.4 Å². The highest BCUT2D eigenvalue weighted by Gasteiger charge is 2.03. The molecule has 6 nitrogen and oxygen atoms in total. The molecule has 2 aromatic heterocycles. The number of aryl methyl sites for hydroxylation is 1. The Morgan fingerprint density at radius 1 is 1.39 bits per heavy atom. The number of hydrogen-bond donors (Lipinski definition) is 4. The predicted molar refractivity (Wildman–Crippen MR) is 73.0 cm³/mol. The van der Waals surface area contributed by atoms with E-state index >= 15 is 0 Å². The van der Waals surface area contributed by atoms with Gasteiger partial charge in [-0.1, -0.05) is 0 Å². The predicted octanol–water partition coefficient (Wildman–Crippen LogP) is 1.62. The summed E-state index contributed by atoms with van der Waals surface area (Å²) >= 11 is 0. The fourth-order valence-electron chi connectivity index (χ4n) is 1.53. The van der Waals surface area contributed by atoms with Gasteiger partial charge in [-0.05, 0) is 26.0 Å². The van der Waals surface area contributed by atoms with Crippen molar-refractivity contribution in [1.82, 2.24) is 15.0 Å². The summed E-state index contributed by atoms with van der Waals surface area (Å²) in [4.78, 5) is 11.7. The molecular formula is C12H18N6. The third kappa shape index (κ3) is 3.46. The summed E-state index contributed by atoms with van der Waals surface area (Å²) in [6.45, 7) is 4.48. The van der Waals surface area contributed by atoms with Crippen LogP contribution in [0.4, 0.5) is 17.5 Å². The highest BCUT2D eigenvalue weighted by molar-refractivity contribution is 5.56. The van der Waals surface area contributed by atoms with E-state index in [1.165, 1.54) is 0 Å². The quantitative estimate of drug-likeness (QED) is 0.643. The number of H-pyrrole nitrogens is 1. The molecule has 2 rings (SSSR count). The highest BCUT2D eigenvalue weighted by atomic mass is 15.1. The Bertz CT molecular complexity index is 491. The third-order valence-corrected chi connectivity index (χ3v) is 2.30. The molecular weight excluding hydrogens is 228 g/mol. The number of nitrogens with zero attached hydrogens (tertiary/aromatic N) is 2. The average molecular weight is 246 g/mol. The molecule has 0 fully saturated rings. The lowest BCUT2D eigenvalue weighted by Gasteiger charge is -2.10. The summed E-state index contributed by atoms with van der Waals surface area (Å²) in [7, 11) is 0. The minimum atomic E-state index is 0.0834. The number of nitrogens with two attached hydrogens (primary N) is 1. The van der Waals surface area contributed by atoms with Crippen molar-refractivity contribution in [3.05, 3.63) is 30.2 Å². The minimum absolute atomic E-state index is 0.0834. The van der Waals surface area contributed by atoms with Crippen LogP contribution in [0.1, 0.15) is 12.7 Å². The Hall–Kier alpha value is -2.08. The van der Waals surface area contributed by atoms with Crippen LogP contribution in [-0.2, 0) is 0 Å². The van der Waals surface area contributed by atoms with E-state index in [1.54, 1.807) is 0 Å². The molecule has 2 heterocycles. The number of hydrogen-bond acceptors (Lipinski definition) is 5. The van der Waals surface area contributed by atoms with Crippen LogP contribution in [0.5, 0.6) is 0 Å². The van der Waals surface area contributed by atoms with Gasteiger partial charge < -0.3 is 21.4 Å². The second-order valence-corrected chi connectivity index (χ2v) is 4.25. The van der Waals surface area contributed by atoms with Gasteiger partial charge in [-0.15, -0.1) is 0 Å². The first-order valence-corrected chi connectivity index (χ1v) is 5.89. The van der Waals surface area contributed by atoms with Gasteiger partial charge >= 0.3 is 0 Å². The molecule has 0 saturated heterocycles. The zero-order chi connectivity index (χ0) is 13.0. The van der Waals surface area contributed by atoms with Gasteiger partial charge in [0.05, 0.1) is 0 Å². The lowest BCUT2D eigenvalue weighted by molar-refractivity contribution is 0.776. The standard InChI is InChI=1S/C12H18N6/c1-8(13)7-15-11-6-12(17-9(2)16-11)18-10-4-3-5-14-10/h3-6,8,14H,7,13H2,1-2H3,(H2,15,16,17,18). The van der Waals surface area contributed by atoms with Gasteiger partial charge in [0.15, 0.2) is 0 Å².